The minimum absolute atomic E-state index is 0.00330. The predicted octanol–water partition coefficient (Wildman–Crippen LogP) is 8.37. The molecule has 1 aromatic heterocycles. The number of hydrogen-bond donors (Lipinski definition) is 7. The molecule has 3 aromatic carbocycles. The molecule has 1 fully saturated rings. The lowest BCUT2D eigenvalue weighted by atomic mass is 9.89. The fraction of sp³-hybridized carbons (Fsp3) is 0.469. The second-order valence-electron chi connectivity index (χ2n) is 23.6. The number of carbonyl (C=O) groups excluding carboxylic acids is 8. The molecule has 0 radical (unpaired) electrons. The SMILES string of the molecule is CCCN(CCC)C(=O)C1=Cc2ccc(C(=O)Nc3ccc(N4CCC(C(=O)NCCNC(=O)OCc5ccc(NC(=O)CNC(=O)[C@@H](NC(=O)CCC(C)(C)OCCC(C)(C)C(=O)Oc6c(F)c(F)cc(F)c6F)C(C)C)cc5)CC4)nc3)cc2N=C(N)C1. The van der Waals surface area contributed by atoms with E-state index in [2.05, 4.69) is 46.8 Å². The Kier molecular flexibility index (Phi) is 25.3. The Hall–Kier alpha value is -8.94. The average molecular weight is 1260 g/mol. The quantitative estimate of drug-likeness (QED) is 0.00884. The third-order valence-electron chi connectivity index (χ3n) is 15.0. The minimum atomic E-state index is -1.85. The lowest BCUT2D eigenvalue weighted by Crippen LogP contribution is -2.51. The fourth-order valence-corrected chi connectivity index (χ4v) is 9.63. The van der Waals surface area contributed by atoms with Gasteiger partial charge in [0.2, 0.25) is 46.9 Å². The number of halogens is 4. The van der Waals surface area contributed by atoms with Crippen molar-refractivity contribution in [2.75, 3.05) is 68.0 Å². The first-order valence-electron chi connectivity index (χ1n) is 30.0. The van der Waals surface area contributed by atoms with Crippen molar-refractivity contribution in [3.8, 4) is 5.75 Å². The molecule has 90 heavy (non-hydrogen) atoms. The van der Waals surface area contributed by atoms with Crippen LogP contribution < -0.4 is 47.3 Å². The Labute approximate surface area is 520 Å². The van der Waals surface area contributed by atoms with Gasteiger partial charge in [-0.05, 0) is 120 Å². The molecule has 1 atom stereocenters. The maximum atomic E-state index is 14.1. The van der Waals surface area contributed by atoms with Gasteiger partial charge in [-0.2, -0.15) is 8.78 Å². The lowest BCUT2D eigenvalue weighted by molar-refractivity contribution is -0.146. The summed E-state index contributed by atoms with van der Waals surface area (Å²) in [6.45, 7) is 15.9. The highest BCUT2D eigenvalue weighted by molar-refractivity contribution is 6.08. The molecule has 486 valence electrons. The Morgan fingerprint density at radius 1 is 0.789 bits per heavy atom. The highest BCUT2D eigenvalue weighted by atomic mass is 19.2. The molecule has 6 rings (SSSR count). The van der Waals surface area contributed by atoms with Crippen LogP contribution in [0, 0.1) is 40.5 Å². The Morgan fingerprint density at radius 3 is 2.08 bits per heavy atom. The first kappa shape index (κ1) is 70.2. The summed E-state index contributed by atoms with van der Waals surface area (Å²) >= 11 is 0. The molecular weight excluding hydrogens is 1170 g/mol. The van der Waals surface area contributed by atoms with Crippen LogP contribution in [0.3, 0.4) is 0 Å². The summed E-state index contributed by atoms with van der Waals surface area (Å²) in [5.74, 6) is -11.6. The molecule has 2 aliphatic rings. The van der Waals surface area contributed by atoms with Gasteiger partial charge in [-0.1, -0.05) is 45.9 Å². The van der Waals surface area contributed by atoms with E-state index in [-0.39, 0.29) is 93.4 Å². The zero-order valence-corrected chi connectivity index (χ0v) is 52.0. The van der Waals surface area contributed by atoms with Crippen LogP contribution in [0.25, 0.3) is 6.08 Å². The molecule has 0 unspecified atom stereocenters. The van der Waals surface area contributed by atoms with E-state index < -0.39 is 82.4 Å². The number of nitrogens with two attached hydrogens (primary N) is 1. The number of nitrogens with one attached hydrogen (secondary N) is 6. The summed E-state index contributed by atoms with van der Waals surface area (Å²) in [5, 5.41) is 16.3. The second kappa shape index (κ2) is 32.5. The van der Waals surface area contributed by atoms with E-state index in [1.54, 1.807) is 88.5 Å². The highest BCUT2D eigenvalue weighted by Crippen LogP contribution is 2.33. The van der Waals surface area contributed by atoms with Crippen LogP contribution >= 0.6 is 0 Å². The summed E-state index contributed by atoms with van der Waals surface area (Å²) in [7, 11) is 0. The number of ether oxygens (including phenoxy) is 3. The van der Waals surface area contributed by atoms with Gasteiger partial charge < -0.3 is 61.6 Å². The first-order chi connectivity index (χ1) is 42.7. The van der Waals surface area contributed by atoms with Crippen LogP contribution in [-0.4, -0.2) is 127 Å². The van der Waals surface area contributed by atoms with Crippen molar-refractivity contribution in [2.24, 2.45) is 28.0 Å². The standard InChI is InChI=1S/C64H81F4N11O11/c1-9-26-79(27-10-2)60(85)43-31-41-13-14-42(32-48(41)76-49(69)33-43)58(83)75-45-17-18-50(72-35-45)78-28-20-40(21-29-78)57(82)70-24-25-71-62(87)88-37-39-11-15-44(16-12-39)74-52(81)36-73-59(84)55(38(3)4)77-51(80)19-22-64(7,8)89-30-23-63(5,6)61(86)90-56-53(67)46(65)34-47(66)54(56)68/h11-18,31-32,34-35,38,40,55H,9-10,19-30,33,36-37H2,1-8H3,(H2,69,76)(H,70,82)(H,71,87)(H,73,84)(H,74,81)(H,75,83)(H,77,80)/t55-/m0/s1. The number of esters is 1. The van der Waals surface area contributed by atoms with Gasteiger partial charge in [0.15, 0.2) is 11.6 Å². The number of hydrogen-bond acceptors (Lipinski definition) is 15. The summed E-state index contributed by atoms with van der Waals surface area (Å²) in [6.07, 6.45) is 5.79. The predicted molar refractivity (Wildman–Crippen MR) is 330 cm³/mol. The van der Waals surface area contributed by atoms with E-state index in [1.807, 2.05) is 24.8 Å². The van der Waals surface area contributed by atoms with Gasteiger partial charge in [0.05, 0.1) is 35.1 Å². The van der Waals surface area contributed by atoms with Crippen LogP contribution in [0.2, 0.25) is 0 Å². The number of pyridine rings is 1. The van der Waals surface area contributed by atoms with Crippen molar-refractivity contribution in [1.29, 1.82) is 0 Å². The normalized spacial score (nSPS) is 13.8. The maximum absolute atomic E-state index is 14.1. The first-order valence-corrected chi connectivity index (χ1v) is 30.0. The van der Waals surface area contributed by atoms with Gasteiger partial charge in [-0.15, -0.1) is 0 Å². The molecule has 1 saturated heterocycles. The van der Waals surface area contributed by atoms with Crippen molar-refractivity contribution in [3.05, 3.63) is 112 Å². The number of benzene rings is 3. The van der Waals surface area contributed by atoms with Crippen LogP contribution in [0.4, 0.5) is 45.2 Å². The van der Waals surface area contributed by atoms with E-state index in [9.17, 15) is 55.9 Å². The fourth-order valence-electron chi connectivity index (χ4n) is 9.63. The van der Waals surface area contributed by atoms with E-state index in [0.29, 0.717) is 84.2 Å². The number of aliphatic imine (C=N–C) groups is 1. The van der Waals surface area contributed by atoms with Crippen molar-refractivity contribution in [3.63, 3.8) is 0 Å². The molecule has 2 aliphatic heterocycles. The smallest absolute Gasteiger partial charge is 0.407 e. The lowest BCUT2D eigenvalue weighted by Gasteiger charge is -2.32. The number of piperidine rings is 1. The van der Waals surface area contributed by atoms with Crippen LogP contribution in [0.15, 0.2) is 77.4 Å². The number of aromatic nitrogens is 1. The second-order valence-corrected chi connectivity index (χ2v) is 23.6. The molecule has 26 heteroatoms. The van der Waals surface area contributed by atoms with Crippen molar-refractivity contribution in [1.82, 2.24) is 31.2 Å². The topological polar surface area (TPSA) is 294 Å². The van der Waals surface area contributed by atoms with Gasteiger partial charge in [-0.3, -0.25) is 33.6 Å². The summed E-state index contributed by atoms with van der Waals surface area (Å²) in [5.41, 5.74) is 7.53. The molecule has 0 spiro atoms. The molecular formula is C64H81F4N11O11. The van der Waals surface area contributed by atoms with E-state index in [0.717, 1.165) is 12.8 Å². The number of carbonyl (C=O) groups is 8. The van der Waals surface area contributed by atoms with Gasteiger partial charge in [0.1, 0.15) is 24.3 Å². The number of fused-ring (bicyclic) bond motifs is 1. The van der Waals surface area contributed by atoms with Crippen molar-refractivity contribution in [2.45, 2.75) is 125 Å². The van der Waals surface area contributed by atoms with Gasteiger partial charge in [0, 0.05) is 93.1 Å². The Bertz CT molecular complexity index is 3270. The van der Waals surface area contributed by atoms with Crippen LogP contribution in [0.1, 0.15) is 128 Å². The molecule has 3 heterocycles. The Morgan fingerprint density at radius 2 is 1.44 bits per heavy atom. The van der Waals surface area contributed by atoms with Gasteiger partial charge in [0.25, 0.3) is 5.91 Å². The number of alkyl carbamates (subject to hydrolysis) is 1. The highest BCUT2D eigenvalue weighted by Gasteiger charge is 2.35. The van der Waals surface area contributed by atoms with Gasteiger partial charge >= 0.3 is 12.1 Å². The number of amidine groups is 1. The third-order valence-corrected chi connectivity index (χ3v) is 15.0. The molecule has 8 N–H and O–H groups in total. The molecule has 7 amide bonds. The third kappa shape index (κ3) is 20.6. The molecule has 0 aliphatic carbocycles. The summed E-state index contributed by atoms with van der Waals surface area (Å²) < 4.78 is 71.3. The zero-order valence-electron chi connectivity index (χ0n) is 52.0. The Balaban J connectivity index is 0.823. The minimum Gasteiger partial charge on any atom is -0.445 e. The van der Waals surface area contributed by atoms with Crippen molar-refractivity contribution >= 4 is 82.3 Å². The monoisotopic (exact) mass is 1260 g/mol. The number of rotatable bonds is 29. The number of anilines is 3. The maximum Gasteiger partial charge on any atom is 0.407 e. The van der Waals surface area contributed by atoms with Crippen molar-refractivity contribution < 1.29 is 70.1 Å². The molecule has 0 saturated carbocycles. The van der Waals surface area contributed by atoms with Gasteiger partial charge in [-0.25, -0.2) is 23.6 Å². The molecule has 22 nitrogen and oxygen atoms in total. The van der Waals surface area contributed by atoms with E-state index >= 15 is 0 Å². The van der Waals surface area contributed by atoms with Crippen LogP contribution in [-0.2, 0) is 44.8 Å². The summed E-state index contributed by atoms with van der Waals surface area (Å²) in [4.78, 5) is 117. The number of nitrogens with zero attached hydrogens (tertiary/aromatic N) is 4. The zero-order chi connectivity index (χ0) is 65.9. The number of amides is 7. The van der Waals surface area contributed by atoms with Crippen LogP contribution in [0.5, 0.6) is 5.75 Å². The van der Waals surface area contributed by atoms with E-state index in [4.69, 9.17) is 19.9 Å². The summed E-state index contributed by atoms with van der Waals surface area (Å²) in [6, 6.07) is 14.1. The molecule has 4 aromatic rings. The molecule has 0 bridgehead atoms. The van der Waals surface area contributed by atoms with E-state index in [1.165, 1.54) is 13.8 Å². The average Bonchev–Trinajstić information content (AvgIpc) is 1.66. The largest absolute Gasteiger partial charge is 0.445 e.